The molecule has 2 aromatic carbocycles. The van der Waals surface area contributed by atoms with E-state index < -0.39 is 0 Å². The fourth-order valence-corrected chi connectivity index (χ4v) is 6.23. The first kappa shape index (κ1) is 27.5. The summed E-state index contributed by atoms with van der Waals surface area (Å²) in [6.45, 7) is 7.11. The van der Waals surface area contributed by atoms with Crippen molar-refractivity contribution in [2.45, 2.75) is 65.2 Å². The molecule has 6 nitrogen and oxygen atoms in total. The molecule has 0 N–H and O–H groups in total. The van der Waals surface area contributed by atoms with Gasteiger partial charge in [-0.2, -0.15) is 0 Å². The highest BCUT2D eigenvalue weighted by Crippen LogP contribution is 2.46. The highest BCUT2D eigenvalue weighted by molar-refractivity contribution is 6.08. The van der Waals surface area contributed by atoms with E-state index in [2.05, 4.69) is 61.2 Å². The summed E-state index contributed by atoms with van der Waals surface area (Å²) < 4.78 is 5.50. The van der Waals surface area contributed by atoms with Gasteiger partial charge in [0.2, 0.25) is 11.8 Å². The molecule has 3 heterocycles. The van der Waals surface area contributed by atoms with E-state index in [9.17, 15) is 9.59 Å². The lowest BCUT2D eigenvalue weighted by atomic mass is 9.97. The lowest BCUT2D eigenvalue weighted by Gasteiger charge is -2.32. The number of carbonyl (C=O) groups excluding carboxylic acids is 2. The van der Waals surface area contributed by atoms with Crippen molar-refractivity contribution in [2.24, 2.45) is 16.3 Å². The molecule has 1 fully saturated rings. The van der Waals surface area contributed by atoms with E-state index in [4.69, 9.17) is 9.41 Å². The average Bonchev–Trinajstić information content (AvgIpc) is 3.51. The average molecular weight is 552 g/mol. The number of hydrogen-bond acceptors (Lipinski definition) is 4. The van der Waals surface area contributed by atoms with Crippen LogP contribution >= 0.6 is 0 Å². The molecule has 1 aromatic heterocycles. The number of benzene rings is 2. The maximum absolute atomic E-state index is 13.6. The van der Waals surface area contributed by atoms with Crippen LogP contribution < -0.4 is 0 Å². The van der Waals surface area contributed by atoms with Crippen molar-refractivity contribution < 1.29 is 14.0 Å². The van der Waals surface area contributed by atoms with Crippen molar-refractivity contribution in [3.05, 3.63) is 72.0 Å². The van der Waals surface area contributed by atoms with Crippen LogP contribution in [0.2, 0.25) is 0 Å². The molecule has 0 radical (unpaired) electrons. The number of carbonyl (C=O) groups is 2. The maximum Gasteiger partial charge on any atom is 0.228 e. The predicted octanol–water partition coefficient (Wildman–Crippen LogP) is 7.23. The summed E-state index contributed by atoms with van der Waals surface area (Å²) in [7, 11) is 0. The number of nitrogens with zero attached hydrogens (tertiary/aromatic N) is 3. The van der Waals surface area contributed by atoms with Gasteiger partial charge in [-0.15, -0.1) is 0 Å². The molecule has 3 aliphatic rings. The van der Waals surface area contributed by atoms with E-state index in [1.54, 1.807) is 6.26 Å². The Labute approximate surface area is 243 Å². The number of amides is 2. The summed E-state index contributed by atoms with van der Waals surface area (Å²) in [5, 5.41) is 1.08. The molecule has 2 amide bonds. The number of amidine groups is 1. The Morgan fingerprint density at radius 1 is 0.976 bits per heavy atom. The summed E-state index contributed by atoms with van der Waals surface area (Å²) in [5.41, 5.74) is 5.25. The lowest BCUT2D eigenvalue weighted by Crippen LogP contribution is -2.41. The van der Waals surface area contributed by atoms with E-state index in [1.165, 1.54) is 5.57 Å². The topological polar surface area (TPSA) is 66.1 Å². The van der Waals surface area contributed by atoms with Gasteiger partial charge in [-0.3, -0.25) is 19.5 Å². The molecule has 41 heavy (non-hydrogen) atoms. The first-order valence-corrected chi connectivity index (χ1v) is 15.3. The minimum Gasteiger partial charge on any atom is -0.464 e. The Bertz CT molecular complexity index is 1480. The van der Waals surface area contributed by atoms with Crippen LogP contribution in [0.5, 0.6) is 0 Å². The molecule has 0 spiro atoms. The van der Waals surface area contributed by atoms with E-state index >= 15 is 0 Å². The normalized spacial score (nSPS) is 23.0. The second kappa shape index (κ2) is 11.7. The second-order valence-corrected chi connectivity index (χ2v) is 12.5. The Morgan fingerprint density at radius 3 is 2.56 bits per heavy atom. The maximum atomic E-state index is 13.6. The third kappa shape index (κ3) is 6.17. The van der Waals surface area contributed by atoms with Gasteiger partial charge in [0.05, 0.1) is 6.26 Å². The predicted molar refractivity (Wildman–Crippen MR) is 164 cm³/mol. The molecule has 1 saturated carbocycles. The van der Waals surface area contributed by atoms with E-state index in [0.717, 1.165) is 98.1 Å². The molecule has 1 atom stereocenters. The summed E-state index contributed by atoms with van der Waals surface area (Å²) in [5.74, 6) is 1.49. The van der Waals surface area contributed by atoms with Gasteiger partial charge in [-0.1, -0.05) is 62.2 Å². The lowest BCUT2D eigenvalue weighted by molar-refractivity contribution is -0.137. The van der Waals surface area contributed by atoms with Gasteiger partial charge < -0.3 is 9.32 Å². The number of hydrogen-bond donors (Lipinski definition) is 0. The largest absolute Gasteiger partial charge is 0.464 e. The molecular weight excluding hydrogens is 510 g/mol. The third-order valence-corrected chi connectivity index (χ3v) is 8.92. The fraction of sp³-hybridized carbons (Fsp3) is 0.457. The van der Waals surface area contributed by atoms with Gasteiger partial charge in [0.15, 0.2) is 0 Å². The van der Waals surface area contributed by atoms with Crippen LogP contribution in [0.25, 0.3) is 22.1 Å². The van der Waals surface area contributed by atoms with E-state index in [0.29, 0.717) is 18.9 Å². The molecule has 0 bridgehead atoms. The van der Waals surface area contributed by atoms with Crippen molar-refractivity contribution >= 4 is 28.6 Å². The minimum atomic E-state index is -0.131. The molecule has 0 saturated heterocycles. The van der Waals surface area contributed by atoms with Crippen LogP contribution in [0.3, 0.4) is 0 Å². The number of rotatable bonds is 5. The molecule has 6 rings (SSSR count). The van der Waals surface area contributed by atoms with Crippen molar-refractivity contribution in [1.29, 1.82) is 0 Å². The molecule has 3 aromatic rings. The monoisotopic (exact) mass is 551 g/mol. The standard InChI is InChI=1S/C35H41N3O3/c1-25-21-26(7-6-19-37(23-25)34(40)35(2)16-17-35)24-38-32(39)8-4-3-5-18-36-33(38)28-11-9-27(10-12-28)29-13-14-31-30(22-29)15-20-41-31/h9-15,20-22,25H,3-8,16-19,23-24H2,1-2H3/b26-21+,36-33?. The quantitative estimate of drug-likeness (QED) is 0.314. The highest BCUT2D eigenvalue weighted by Gasteiger charge is 2.47. The van der Waals surface area contributed by atoms with Crippen LogP contribution in [0.15, 0.2) is 75.9 Å². The molecular formula is C35H41N3O3. The molecule has 1 unspecified atom stereocenters. The Hall–Kier alpha value is -3.67. The Balaban J connectivity index is 1.24. The van der Waals surface area contributed by atoms with Crippen LogP contribution in [-0.4, -0.2) is 53.6 Å². The zero-order chi connectivity index (χ0) is 28.4. The van der Waals surface area contributed by atoms with Crippen LogP contribution in [0.4, 0.5) is 0 Å². The summed E-state index contributed by atoms with van der Waals surface area (Å²) in [6, 6.07) is 16.7. The zero-order valence-corrected chi connectivity index (χ0v) is 24.4. The number of aliphatic imine (C=N–C) groups is 1. The second-order valence-electron chi connectivity index (χ2n) is 12.5. The van der Waals surface area contributed by atoms with Crippen LogP contribution in [-0.2, 0) is 9.59 Å². The summed E-state index contributed by atoms with van der Waals surface area (Å²) in [4.78, 5) is 35.7. The number of fused-ring (bicyclic) bond motifs is 1. The van der Waals surface area contributed by atoms with Crippen molar-refractivity contribution in [1.82, 2.24) is 9.80 Å². The van der Waals surface area contributed by atoms with Crippen molar-refractivity contribution in [2.75, 3.05) is 26.2 Å². The smallest absolute Gasteiger partial charge is 0.228 e. The van der Waals surface area contributed by atoms with Crippen molar-refractivity contribution in [3.63, 3.8) is 0 Å². The first-order valence-electron chi connectivity index (χ1n) is 15.3. The third-order valence-electron chi connectivity index (χ3n) is 8.92. The fourth-order valence-electron chi connectivity index (χ4n) is 6.23. The van der Waals surface area contributed by atoms with Gasteiger partial charge >= 0.3 is 0 Å². The summed E-state index contributed by atoms with van der Waals surface area (Å²) >= 11 is 0. The van der Waals surface area contributed by atoms with Crippen molar-refractivity contribution in [3.8, 4) is 11.1 Å². The zero-order valence-electron chi connectivity index (χ0n) is 24.4. The van der Waals surface area contributed by atoms with Crippen LogP contribution in [0, 0.1) is 11.3 Å². The Morgan fingerprint density at radius 2 is 1.76 bits per heavy atom. The molecule has 6 heteroatoms. The van der Waals surface area contributed by atoms with E-state index in [1.807, 2.05) is 17.0 Å². The van der Waals surface area contributed by atoms with Gasteiger partial charge in [0.1, 0.15) is 11.4 Å². The molecule has 214 valence electrons. The minimum absolute atomic E-state index is 0.131. The Kier molecular flexibility index (Phi) is 7.83. The van der Waals surface area contributed by atoms with E-state index in [-0.39, 0.29) is 17.2 Å². The van der Waals surface area contributed by atoms with Gasteiger partial charge in [-0.05, 0) is 73.8 Å². The van der Waals surface area contributed by atoms with Gasteiger partial charge in [-0.25, -0.2) is 0 Å². The molecule has 1 aliphatic carbocycles. The first-order chi connectivity index (χ1) is 19.9. The highest BCUT2D eigenvalue weighted by atomic mass is 16.3. The van der Waals surface area contributed by atoms with Gasteiger partial charge in [0, 0.05) is 49.0 Å². The summed E-state index contributed by atoms with van der Waals surface area (Å²) in [6.07, 6.45) is 11.3. The van der Waals surface area contributed by atoms with Gasteiger partial charge in [0.25, 0.3) is 0 Å². The number of furan rings is 1. The van der Waals surface area contributed by atoms with Crippen LogP contribution in [0.1, 0.15) is 70.8 Å². The molecule has 2 aliphatic heterocycles. The SMILES string of the molecule is CC1/C=C(/CN2C(=O)CCCCCN=C2c2ccc(-c3ccc4occc4c3)cc2)CCCN(C(=O)C2(C)CC2)C1.